The molecular formula is C8H11FN2O. The summed E-state index contributed by atoms with van der Waals surface area (Å²) in [6.45, 7) is 4.94. The van der Waals surface area contributed by atoms with Crippen molar-refractivity contribution in [3.63, 3.8) is 0 Å². The first-order chi connectivity index (χ1) is 5.54. The summed E-state index contributed by atoms with van der Waals surface area (Å²) in [5.41, 5.74) is 0.0590. The van der Waals surface area contributed by atoms with Gasteiger partial charge in [-0.2, -0.15) is 9.49 Å². The lowest BCUT2D eigenvalue weighted by Crippen LogP contribution is -2.07. The van der Waals surface area contributed by atoms with E-state index in [1.807, 2.05) is 0 Å². The first-order valence-corrected chi connectivity index (χ1v) is 3.78. The summed E-state index contributed by atoms with van der Waals surface area (Å²) in [4.78, 5) is 10.8. The highest BCUT2D eigenvalue weighted by Gasteiger charge is 2.15. The first-order valence-electron chi connectivity index (χ1n) is 3.78. The second-order valence-corrected chi connectivity index (χ2v) is 2.94. The fourth-order valence-electron chi connectivity index (χ4n) is 0.943. The zero-order valence-corrected chi connectivity index (χ0v) is 7.34. The Hall–Kier alpha value is -1.19. The normalized spacial score (nSPS) is 10.8. The third-order valence-corrected chi connectivity index (χ3v) is 1.60. The van der Waals surface area contributed by atoms with Gasteiger partial charge in [-0.1, -0.05) is 0 Å². The maximum absolute atomic E-state index is 13.2. The lowest BCUT2D eigenvalue weighted by Gasteiger charge is -2.04. The summed E-state index contributed by atoms with van der Waals surface area (Å²) in [6, 6.07) is -0.0573. The Morgan fingerprint density at radius 2 is 2.25 bits per heavy atom. The Balaban J connectivity index is 3.13. The second-order valence-electron chi connectivity index (χ2n) is 2.94. The molecule has 0 radical (unpaired) electrons. The highest BCUT2D eigenvalue weighted by Crippen LogP contribution is 2.11. The Morgan fingerprint density at radius 1 is 1.67 bits per heavy atom. The minimum absolute atomic E-state index is 0.0573. The minimum Gasteiger partial charge on any atom is -0.294 e. The molecule has 0 spiro atoms. The van der Waals surface area contributed by atoms with E-state index in [1.165, 1.54) is 17.8 Å². The van der Waals surface area contributed by atoms with Gasteiger partial charge in [0.1, 0.15) is 0 Å². The van der Waals surface area contributed by atoms with Crippen LogP contribution in [0.3, 0.4) is 0 Å². The fourth-order valence-corrected chi connectivity index (χ4v) is 0.943. The average Bonchev–Trinajstić information content (AvgIpc) is 2.30. The lowest BCUT2D eigenvalue weighted by molar-refractivity contribution is 0.101. The SMILES string of the molecule is CC(=O)c1cnn(C(C)C)c1F. The summed E-state index contributed by atoms with van der Waals surface area (Å²) in [5, 5.41) is 3.76. The Kier molecular flexibility index (Phi) is 2.26. The van der Waals surface area contributed by atoms with Gasteiger partial charge in [-0.25, -0.2) is 4.68 Å². The lowest BCUT2D eigenvalue weighted by atomic mass is 10.2. The monoisotopic (exact) mass is 170 g/mol. The van der Waals surface area contributed by atoms with Crippen LogP contribution >= 0.6 is 0 Å². The average molecular weight is 170 g/mol. The van der Waals surface area contributed by atoms with Crippen LogP contribution in [0, 0.1) is 5.95 Å². The molecule has 0 aliphatic carbocycles. The Labute approximate surface area is 70.2 Å². The van der Waals surface area contributed by atoms with Crippen molar-refractivity contribution in [1.29, 1.82) is 0 Å². The van der Waals surface area contributed by atoms with Gasteiger partial charge in [0.05, 0.1) is 11.8 Å². The van der Waals surface area contributed by atoms with E-state index in [0.717, 1.165) is 0 Å². The highest BCUT2D eigenvalue weighted by atomic mass is 19.1. The molecule has 4 heteroatoms. The predicted octanol–water partition coefficient (Wildman–Crippen LogP) is 1.81. The number of rotatable bonds is 2. The van der Waals surface area contributed by atoms with Crippen molar-refractivity contribution in [2.45, 2.75) is 26.8 Å². The topological polar surface area (TPSA) is 34.9 Å². The van der Waals surface area contributed by atoms with E-state index in [2.05, 4.69) is 5.10 Å². The van der Waals surface area contributed by atoms with Crippen LogP contribution < -0.4 is 0 Å². The van der Waals surface area contributed by atoms with Crippen LogP contribution in [0.4, 0.5) is 4.39 Å². The minimum atomic E-state index is -0.544. The zero-order valence-electron chi connectivity index (χ0n) is 7.34. The molecule has 0 bridgehead atoms. The van der Waals surface area contributed by atoms with Crippen molar-refractivity contribution in [3.8, 4) is 0 Å². The van der Waals surface area contributed by atoms with Gasteiger partial charge in [0, 0.05) is 6.04 Å². The Bertz CT molecular complexity index is 304. The number of carbonyl (C=O) groups excluding carboxylic acids is 1. The quantitative estimate of drug-likeness (QED) is 0.634. The van der Waals surface area contributed by atoms with Gasteiger partial charge in [0.15, 0.2) is 5.78 Å². The summed E-state index contributed by atoms with van der Waals surface area (Å²) >= 11 is 0. The molecule has 0 atom stereocenters. The first kappa shape index (κ1) is 8.90. The molecule has 0 saturated carbocycles. The maximum atomic E-state index is 13.2. The van der Waals surface area contributed by atoms with Crippen LogP contribution in [0.15, 0.2) is 6.20 Å². The largest absolute Gasteiger partial charge is 0.294 e. The maximum Gasteiger partial charge on any atom is 0.222 e. The molecule has 0 unspecified atom stereocenters. The van der Waals surface area contributed by atoms with Gasteiger partial charge in [0.25, 0.3) is 0 Å². The van der Waals surface area contributed by atoms with E-state index in [1.54, 1.807) is 13.8 Å². The molecule has 0 aliphatic rings. The molecule has 0 fully saturated rings. The van der Waals surface area contributed by atoms with Crippen molar-refractivity contribution < 1.29 is 9.18 Å². The number of Topliss-reactive ketones (excluding diaryl/α,β-unsaturated/α-hetero) is 1. The van der Waals surface area contributed by atoms with Gasteiger partial charge < -0.3 is 0 Å². The third-order valence-electron chi connectivity index (χ3n) is 1.60. The molecule has 1 aromatic rings. The summed E-state index contributed by atoms with van der Waals surface area (Å²) in [5.74, 6) is -0.836. The van der Waals surface area contributed by atoms with Crippen LogP contribution in [0.5, 0.6) is 0 Å². The van der Waals surface area contributed by atoms with E-state index in [-0.39, 0.29) is 17.4 Å². The van der Waals surface area contributed by atoms with Gasteiger partial charge in [0.2, 0.25) is 5.95 Å². The van der Waals surface area contributed by atoms with Crippen molar-refractivity contribution in [2.75, 3.05) is 0 Å². The number of nitrogens with zero attached hydrogens (tertiary/aromatic N) is 2. The standard InChI is InChI=1S/C8H11FN2O/c1-5(2)11-8(9)7(4-10-11)6(3)12/h4-5H,1-3H3. The van der Waals surface area contributed by atoms with Crippen molar-refractivity contribution in [2.24, 2.45) is 0 Å². The van der Waals surface area contributed by atoms with Gasteiger partial charge in [-0.3, -0.25) is 4.79 Å². The summed E-state index contributed by atoms with van der Waals surface area (Å²) < 4.78 is 14.4. The molecule has 0 saturated heterocycles. The number of aromatic nitrogens is 2. The number of ketones is 1. The summed E-state index contributed by atoms with van der Waals surface area (Å²) in [7, 11) is 0. The van der Waals surface area contributed by atoms with E-state index >= 15 is 0 Å². The smallest absolute Gasteiger partial charge is 0.222 e. The molecule has 1 rings (SSSR count). The number of hydrogen-bond donors (Lipinski definition) is 0. The van der Waals surface area contributed by atoms with Gasteiger partial charge >= 0.3 is 0 Å². The molecule has 0 aliphatic heterocycles. The molecular weight excluding hydrogens is 159 g/mol. The number of hydrogen-bond acceptors (Lipinski definition) is 2. The van der Waals surface area contributed by atoms with E-state index in [0.29, 0.717) is 0 Å². The van der Waals surface area contributed by atoms with Crippen LogP contribution in [0.25, 0.3) is 0 Å². The van der Waals surface area contributed by atoms with E-state index in [9.17, 15) is 9.18 Å². The highest BCUT2D eigenvalue weighted by molar-refractivity contribution is 5.93. The molecule has 3 nitrogen and oxygen atoms in total. The molecule has 1 heterocycles. The second kappa shape index (κ2) is 3.05. The zero-order chi connectivity index (χ0) is 9.30. The van der Waals surface area contributed by atoms with Gasteiger partial charge in [-0.05, 0) is 20.8 Å². The third kappa shape index (κ3) is 1.37. The molecule has 1 aromatic heterocycles. The van der Waals surface area contributed by atoms with E-state index in [4.69, 9.17) is 0 Å². The number of halogens is 1. The predicted molar refractivity (Wildman–Crippen MR) is 42.6 cm³/mol. The van der Waals surface area contributed by atoms with Crippen molar-refractivity contribution in [1.82, 2.24) is 9.78 Å². The molecule has 66 valence electrons. The Morgan fingerprint density at radius 3 is 2.50 bits per heavy atom. The molecule has 0 aromatic carbocycles. The van der Waals surface area contributed by atoms with Crippen LogP contribution in [-0.2, 0) is 0 Å². The summed E-state index contributed by atoms with van der Waals surface area (Å²) in [6.07, 6.45) is 1.26. The van der Waals surface area contributed by atoms with Crippen LogP contribution in [0.2, 0.25) is 0 Å². The van der Waals surface area contributed by atoms with Crippen molar-refractivity contribution in [3.05, 3.63) is 17.7 Å². The van der Waals surface area contributed by atoms with Crippen molar-refractivity contribution >= 4 is 5.78 Å². The van der Waals surface area contributed by atoms with Crippen LogP contribution in [-0.4, -0.2) is 15.6 Å². The molecule has 12 heavy (non-hydrogen) atoms. The van der Waals surface area contributed by atoms with Crippen LogP contribution in [0.1, 0.15) is 37.2 Å². The molecule has 0 amide bonds. The van der Waals surface area contributed by atoms with Gasteiger partial charge in [-0.15, -0.1) is 0 Å². The number of carbonyl (C=O) groups is 1. The fraction of sp³-hybridized carbons (Fsp3) is 0.500. The van der Waals surface area contributed by atoms with E-state index < -0.39 is 5.95 Å². The molecule has 0 N–H and O–H groups in total.